The van der Waals surface area contributed by atoms with E-state index in [2.05, 4.69) is 37.4 Å². The number of benzene rings is 1. The van der Waals surface area contributed by atoms with E-state index in [-0.39, 0.29) is 0 Å². The third-order valence-corrected chi connectivity index (χ3v) is 4.38. The molecule has 1 aromatic rings. The summed E-state index contributed by atoms with van der Waals surface area (Å²) in [6.45, 7) is 4.35. The van der Waals surface area contributed by atoms with Crippen LogP contribution in [0.2, 0.25) is 0 Å². The van der Waals surface area contributed by atoms with Gasteiger partial charge in [0.05, 0.1) is 6.07 Å². The summed E-state index contributed by atoms with van der Waals surface area (Å²) in [6, 6.07) is 13.2. The minimum Gasteiger partial charge on any atom is -0.292 e. The molecule has 0 heterocycles. The second kappa shape index (κ2) is 5.77. The predicted octanol–water partition coefficient (Wildman–Crippen LogP) is 3.30. The average molecular weight is 260 g/mol. The van der Waals surface area contributed by atoms with E-state index in [9.17, 15) is 5.26 Å². The Balaban J connectivity index is 2.22. The van der Waals surface area contributed by atoms with Gasteiger partial charge in [-0.25, -0.2) is 0 Å². The summed E-state index contributed by atoms with van der Waals surface area (Å²) in [5, 5.41) is 13.8. The quantitative estimate of drug-likeness (QED) is 0.852. The maximum absolute atomic E-state index is 9.69. The summed E-state index contributed by atoms with van der Waals surface area (Å²) in [5.41, 5.74) is 0.560. The summed E-state index contributed by atoms with van der Waals surface area (Å²) >= 11 is 1.84. The Labute approximate surface area is 114 Å². The van der Waals surface area contributed by atoms with Gasteiger partial charge in [0.25, 0.3) is 0 Å². The molecule has 0 amide bonds. The van der Waals surface area contributed by atoms with Crippen LogP contribution in [0.4, 0.5) is 0 Å². The van der Waals surface area contributed by atoms with E-state index >= 15 is 0 Å². The van der Waals surface area contributed by atoms with Crippen LogP contribution in [0.25, 0.3) is 0 Å². The van der Waals surface area contributed by atoms with Crippen molar-refractivity contribution in [1.82, 2.24) is 5.32 Å². The zero-order valence-electron chi connectivity index (χ0n) is 11.0. The topological polar surface area (TPSA) is 35.8 Å². The number of thioether (sulfide) groups is 1. The monoisotopic (exact) mass is 260 g/mol. The minimum absolute atomic E-state index is 0.526. The molecule has 0 bridgehead atoms. The van der Waals surface area contributed by atoms with E-state index in [1.165, 1.54) is 12.8 Å². The Morgan fingerprint density at radius 2 is 2.06 bits per heavy atom. The van der Waals surface area contributed by atoms with Crippen LogP contribution in [0.15, 0.2) is 30.3 Å². The van der Waals surface area contributed by atoms with Gasteiger partial charge in [-0.1, -0.05) is 44.2 Å². The molecule has 1 fully saturated rings. The molecule has 0 spiro atoms. The maximum Gasteiger partial charge on any atom is 0.141 e. The van der Waals surface area contributed by atoms with E-state index in [0.29, 0.717) is 11.3 Å². The van der Waals surface area contributed by atoms with Crippen molar-refractivity contribution in [2.24, 2.45) is 0 Å². The molecular formula is C15H20N2S. The summed E-state index contributed by atoms with van der Waals surface area (Å²) < 4.78 is 0. The zero-order chi connectivity index (χ0) is 13.0. The number of nitriles is 1. The predicted molar refractivity (Wildman–Crippen MR) is 77.5 cm³/mol. The van der Waals surface area contributed by atoms with Gasteiger partial charge in [-0.2, -0.15) is 17.0 Å². The van der Waals surface area contributed by atoms with Gasteiger partial charge in [0, 0.05) is 11.8 Å². The van der Waals surface area contributed by atoms with Crippen LogP contribution in [-0.2, 0) is 5.54 Å². The molecule has 0 aromatic heterocycles. The zero-order valence-corrected chi connectivity index (χ0v) is 11.8. The highest BCUT2D eigenvalue weighted by Gasteiger charge is 2.38. The van der Waals surface area contributed by atoms with Crippen molar-refractivity contribution in [1.29, 1.82) is 5.26 Å². The van der Waals surface area contributed by atoms with Crippen LogP contribution in [0, 0.1) is 11.3 Å². The molecule has 2 nitrogen and oxygen atoms in total. The van der Waals surface area contributed by atoms with Gasteiger partial charge in [0.2, 0.25) is 0 Å². The van der Waals surface area contributed by atoms with Crippen LogP contribution < -0.4 is 5.32 Å². The lowest BCUT2D eigenvalue weighted by Crippen LogP contribution is -2.45. The van der Waals surface area contributed by atoms with Gasteiger partial charge in [-0.05, 0) is 23.7 Å². The van der Waals surface area contributed by atoms with Crippen molar-refractivity contribution < 1.29 is 0 Å². The lowest BCUT2D eigenvalue weighted by atomic mass is 9.93. The Bertz CT molecular complexity index is 420. The molecule has 1 saturated carbocycles. The van der Waals surface area contributed by atoms with E-state index < -0.39 is 5.54 Å². The van der Waals surface area contributed by atoms with Crippen LogP contribution in [-0.4, -0.2) is 17.0 Å². The molecule has 3 heteroatoms. The SMILES string of the molecule is CC(C)SCC(C#N)(NC1CC1)c1ccccc1. The highest BCUT2D eigenvalue weighted by Crippen LogP contribution is 2.32. The number of hydrogen-bond donors (Lipinski definition) is 1. The molecule has 0 saturated heterocycles. The van der Waals surface area contributed by atoms with Gasteiger partial charge in [-0.3, -0.25) is 5.32 Å². The number of hydrogen-bond acceptors (Lipinski definition) is 3. The molecule has 0 radical (unpaired) electrons. The molecule has 1 aliphatic rings. The summed E-state index contributed by atoms with van der Waals surface area (Å²) in [6.07, 6.45) is 2.39. The first-order chi connectivity index (χ1) is 8.66. The van der Waals surface area contributed by atoms with Crippen LogP contribution in [0.5, 0.6) is 0 Å². The summed E-state index contributed by atoms with van der Waals surface area (Å²) in [4.78, 5) is 0. The van der Waals surface area contributed by atoms with Crippen molar-refractivity contribution in [3.8, 4) is 6.07 Å². The average Bonchev–Trinajstić information content (AvgIpc) is 3.19. The van der Waals surface area contributed by atoms with Gasteiger partial charge in [0.15, 0.2) is 0 Å². The van der Waals surface area contributed by atoms with Gasteiger partial charge < -0.3 is 0 Å². The molecule has 0 aliphatic heterocycles. The normalized spacial score (nSPS) is 18.3. The fourth-order valence-corrected chi connectivity index (χ4v) is 2.83. The Kier molecular flexibility index (Phi) is 4.31. The lowest BCUT2D eigenvalue weighted by Gasteiger charge is -2.29. The molecule has 96 valence electrons. The fourth-order valence-electron chi connectivity index (χ4n) is 1.93. The highest BCUT2D eigenvalue weighted by molar-refractivity contribution is 7.99. The van der Waals surface area contributed by atoms with Crippen molar-refractivity contribution in [3.05, 3.63) is 35.9 Å². The number of nitrogens with zero attached hydrogens (tertiary/aromatic N) is 1. The third-order valence-electron chi connectivity index (χ3n) is 3.12. The Hall–Kier alpha value is -0.980. The van der Waals surface area contributed by atoms with E-state index in [1.807, 2.05) is 30.0 Å². The second-order valence-electron chi connectivity index (χ2n) is 5.16. The molecule has 1 aliphatic carbocycles. The Morgan fingerprint density at radius 3 is 2.56 bits per heavy atom. The van der Waals surface area contributed by atoms with E-state index in [0.717, 1.165) is 11.3 Å². The number of nitrogens with one attached hydrogen (secondary N) is 1. The third kappa shape index (κ3) is 3.28. The van der Waals surface area contributed by atoms with Crippen LogP contribution in [0.1, 0.15) is 32.3 Å². The van der Waals surface area contributed by atoms with Crippen LogP contribution >= 0.6 is 11.8 Å². The first kappa shape index (κ1) is 13.5. The first-order valence-corrected chi connectivity index (χ1v) is 7.57. The van der Waals surface area contributed by atoms with E-state index in [1.54, 1.807) is 0 Å². The minimum atomic E-state index is -0.530. The molecular weight excluding hydrogens is 240 g/mol. The molecule has 18 heavy (non-hydrogen) atoms. The molecule has 1 unspecified atom stereocenters. The standard InChI is InChI=1S/C15H20N2S/c1-12(2)18-11-15(10-16,17-14-8-9-14)13-6-4-3-5-7-13/h3-7,12,14,17H,8-9,11H2,1-2H3. The molecule has 2 rings (SSSR count). The summed E-state index contributed by atoms with van der Waals surface area (Å²) in [5.74, 6) is 0.807. The fraction of sp³-hybridized carbons (Fsp3) is 0.533. The number of rotatable bonds is 6. The van der Waals surface area contributed by atoms with E-state index in [4.69, 9.17) is 0 Å². The smallest absolute Gasteiger partial charge is 0.141 e. The van der Waals surface area contributed by atoms with Crippen molar-refractivity contribution in [2.45, 2.75) is 43.5 Å². The van der Waals surface area contributed by atoms with Gasteiger partial charge >= 0.3 is 0 Å². The first-order valence-electron chi connectivity index (χ1n) is 6.52. The van der Waals surface area contributed by atoms with Crippen molar-refractivity contribution >= 4 is 11.8 Å². The summed E-state index contributed by atoms with van der Waals surface area (Å²) in [7, 11) is 0. The molecule has 1 N–H and O–H groups in total. The molecule has 1 aromatic carbocycles. The van der Waals surface area contributed by atoms with Gasteiger partial charge in [-0.15, -0.1) is 0 Å². The molecule has 1 atom stereocenters. The van der Waals surface area contributed by atoms with Crippen molar-refractivity contribution in [3.63, 3.8) is 0 Å². The lowest BCUT2D eigenvalue weighted by molar-refractivity contribution is 0.470. The Morgan fingerprint density at radius 1 is 1.39 bits per heavy atom. The second-order valence-corrected chi connectivity index (χ2v) is 6.73. The van der Waals surface area contributed by atoms with Crippen LogP contribution in [0.3, 0.4) is 0 Å². The largest absolute Gasteiger partial charge is 0.292 e. The van der Waals surface area contributed by atoms with Crippen molar-refractivity contribution in [2.75, 3.05) is 5.75 Å². The highest BCUT2D eigenvalue weighted by atomic mass is 32.2. The maximum atomic E-state index is 9.69. The van der Waals surface area contributed by atoms with Gasteiger partial charge in [0.1, 0.15) is 5.54 Å².